The monoisotopic (exact) mass is 281 g/mol. The fourth-order valence-electron chi connectivity index (χ4n) is 2.13. The third-order valence-corrected chi connectivity index (χ3v) is 3.17. The largest absolute Gasteiger partial charge is 0.488 e. The fraction of sp³-hybridized carbons (Fsp3) is 0.176. The van der Waals surface area contributed by atoms with Crippen molar-refractivity contribution in [3.05, 3.63) is 64.2 Å². The molecule has 0 spiro atoms. The predicted molar refractivity (Wildman–Crippen MR) is 78.4 cm³/mol. The molecule has 2 rings (SSSR count). The van der Waals surface area contributed by atoms with Crippen LogP contribution in [-0.2, 0) is 6.61 Å². The van der Waals surface area contributed by atoms with Gasteiger partial charge in [-0.2, -0.15) is 5.26 Å². The molecule has 4 heteroatoms. The van der Waals surface area contributed by atoms with Crippen LogP contribution in [0.4, 0.5) is 0 Å². The molecule has 4 nitrogen and oxygen atoms in total. The van der Waals surface area contributed by atoms with E-state index in [1.807, 2.05) is 26.0 Å². The molecular formula is C17H15NO3. The molecule has 106 valence electrons. The van der Waals surface area contributed by atoms with Gasteiger partial charge in [0.25, 0.3) is 0 Å². The molecule has 0 aromatic heterocycles. The van der Waals surface area contributed by atoms with Crippen LogP contribution in [-0.4, -0.2) is 11.1 Å². The van der Waals surface area contributed by atoms with Gasteiger partial charge in [-0.05, 0) is 54.8 Å². The Balaban J connectivity index is 2.16. The number of aryl methyl sites for hydroxylation is 2. The van der Waals surface area contributed by atoms with Crippen molar-refractivity contribution in [2.75, 3.05) is 0 Å². The summed E-state index contributed by atoms with van der Waals surface area (Å²) in [5.74, 6) is -0.246. The molecule has 0 bridgehead atoms. The molecule has 0 atom stereocenters. The molecule has 0 saturated carbocycles. The molecule has 2 aromatic rings. The number of aromatic carboxylic acids is 1. The summed E-state index contributed by atoms with van der Waals surface area (Å²) in [7, 11) is 0. The van der Waals surface area contributed by atoms with Crippen molar-refractivity contribution in [3.8, 4) is 11.8 Å². The van der Waals surface area contributed by atoms with Gasteiger partial charge in [0.1, 0.15) is 12.4 Å². The van der Waals surface area contributed by atoms with Crippen LogP contribution in [0.5, 0.6) is 5.75 Å². The van der Waals surface area contributed by atoms with E-state index >= 15 is 0 Å². The summed E-state index contributed by atoms with van der Waals surface area (Å²) < 4.78 is 5.79. The minimum atomic E-state index is -0.945. The first-order chi connectivity index (χ1) is 10.0. The highest BCUT2D eigenvalue weighted by Crippen LogP contribution is 2.25. The maximum atomic E-state index is 11.0. The van der Waals surface area contributed by atoms with E-state index < -0.39 is 5.97 Å². The summed E-state index contributed by atoms with van der Waals surface area (Å²) in [5, 5.41) is 17.8. The van der Waals surface area contributed by atoms with Crippen molar-refractivity contribution >= 4 is 5.97 Å². The van der Waals surface area contributed by atoms with Gasteiger partial charge in [0.15, 0.2) is 0 Å². The van der Waals surface area contributed by atoms with Gasteiger partial charge in [-0.15, -0.1) is 0 Å². The minimum absolute atomic E-state index is 0.260. The van der Waals surface area contributed by atoms with Crippen molar-refractivity contribution in [3.63, 3.8) is 0 Å². The Morgan fingerprint density at radius 1 is 1.19 bits per heavy atom. The maximum absolute atomic E-state index is 11.0. The van der Waals surface area contributed by atoms with Gasteiger partial charge in [-0.1, -0.05) is 12.1 Å². The first kappa shape index (κ1) is 14.6. The highest BCUT2D eigenvalue weighted by Gasteiger charge is 2.10. The second kappa shape index (κ2) is 6.10. The van der Waals surface area contributed by atoms with Crippen molar-refractivity contribution in [2.45, 2.75) is 20.5 Å². The molecular weight excluding hydrogens is 266 g/mol. The van der Waals surface area contributed by atoms with Crippen LogP contribution >= 0.6 is 0 Å². The maximum Gasteiger partial charge on any atom is 0.335 e. The lowest BCUT2D eigenvalue weighted by Crippen LogP contribution is -2.03. The number of carbonyl (C=O) groups is 1. The molecule has 1 N–H and O–H groups in total. The molecule has 0 radical (unpaired) electrons. The topological polar surface area (TPSA) is 70.3 Å². The number of benzene rings is 2. The second-order valence-corrected chi connectivity index (χ2v) is 4.84. The van der Waals surface area contributed by atoms with Crippen molar-refractivity contribution in [1.82, 2.24) is 0 Å². The van der Waals surface area contributed by atoms with Crippen LogP contribution in [0.2, 0.25) is 0 Å². The fourth-order valence-corrected chi connectivity index (χ4v) is 2.13. The van der Waals surface area contributed by atoms with E-state index in [2.05, 4.69) is 6.07 Å². The van der Waals surface area contributed by atoms with Gasteiger partial charge >= 0.3 is 5.97 Å². The molecule has 0 heterocycles. The summed E-state index contributed by atoms with van der Waals surface area (Å²) in [6.07, 6.45) is 0. The number of carboxylic acid groups (broad SMARTS) is 1. The number of ether oxygens (including phenoxy) is 1. The first-order valence-corrected chi connectivity index (χ1v) is 6.47. The Morgan fingerprint density at radius 3 is 2.24 bits per heavy atom. The zero-order valence-electron chi connectivity index (χ0n) is 11.9. The van der Waals surface area contributed by atoms with Gasteiger partial charge in [0.05, 0.1) is 17.2 Å². The van der Waals surface area contributed by atoms with E-state index in [4.69, 9.17) is 15.1 Å². The van der Waals surface area contributed by atoms with Gasteiger partial charge < -0.3 is 9.84 Å². The molecule has 0 unspecified atom stereocenters. The zero-order chi connectivity index (χ0) is 15.4. The van der Waals surface area contributed by atoms with Gasteiger partial charge in [0, 0.05) is 0 Å². The number of hydrogen-bond donors (Lipinski definition) is 1. The number of carboxylic acids is 1. The third kappa shape index (κ3) is 3.40. The molecule has 0 aliphatic carbocycles. The van der Waals surface area contributed by atoms with E-state index in [0.717, 1.165) is 16.7 Å². The van der Waals surface area contributed by atoms with Crippen molar-refractivity contribution < 1.29 is 14.6 Å². The summed E-state index contributed by atoms with van der Waals surface area (Å²) in [5.41, 5.74) is 3.41. The second-order valence-electron chi connectivity index (χ2n) is 4.84. The third-order valence-electron chi connectivity index (χ3n) is 3.17. The van der Waals surface area contributed by atoms with Crippen LogP contribution in [0.25, 0.3) is 0 Å². The smallest absolute Gasteiger partial charge is 0.335 e. The number of nitriles is 1. The van der Waals surface area contributed by atoms with E-state index in [1.54, 1.807) is 24.3 Å². The Labute approximate surface area is 123 Å². The summed E-state index contributed by atoms with van der Waals surface area (Å²) in [4.78, 5) is 11.0. The Kier molecular flexibility index (Phi) is 4.24. The zero-order valence-corrected chi connectivity index (χ0v) is 11.9. The van der Waals surface area contributed by atoms with E-state index in [-0.39, 0.29) is 5.56 Å². The van der Waals surface area contributed by atoms with Crippen LogP contribution in [0.15, 0.2) is 36.4 Å². The van der Waals surface area contributed by atoms with E-state index in [9.17, 15) is 4.79 Å². The van der Waals surface area contributed by atoms with E-state index in [0.29, 0.717) is 17.9 Å². The van der Waals surface area contributed by atoms with Gasteiger partial charge in [-0.3, -0.25) is 0 Å². The number of hydrogen-bond acceptors (Lipinski definition) is 3. The van der Waals surface area contributed by atoms with Gasteiger partial charge in [-0.25, -0.2) is 4.79 Å². The molecule has 0 fully saturated rings. The van der Waals surface area contributed by atoms with Crippen LogP contribution in [0, 0.1) is 25.2 Å². The lowest BCUT2D eigenvalue weighted by molar-refractivity contribution is 0.0696. The Bertz CT molecular complexity index is 689. The van der Waals surface area contributed by atoms with Crippen molar-refractivity contribution in [2.24, 2.45) is 0 Å². The number of nitrogens with zero attached hydrogens (tertiary/aromatic N) is 1. The summed E-state index contributed by atoms with van der Waals surface area (Å²) in [6.45, 7) is 4.03. The SMILES string of the molecule is Cc1cc(C(=O)O)cc(C)c1OCc1ccc(C#N)cc1. The van der Waals surface area contributed by atoms with E-state index in [1.165, 1.54) is 0 Å². The highest BCUT2D eigenvalue weighted by atomic mass is 16.5. The number of rotatable bonds is 4. The quantitative estimate of drug-likeness (QED) is 0.931. The van der Waals surface area contributed by atoms with Gasteiger partial charge in [0.2, 0.25) is 0 Å². The lowest BCUT2D eigenvalue weighted by atomic mass is 10.1. The molecule has 21 heavy (non-hydrogen) atoms. The van der Waals surface area contributed by atoms with Crippen LogP contribution < -0.4 is 4.74 Å². The predicted octanol–water partition coefficient (Wildman–Crippen LogP) is 3.45. The van der Waals surface area contributed by atoms with Crippen molar-refractivity contribution in [1.29, 1.82) is 5.26 Å². The van der Waals surface area contributed by atoms with Crippen LogP contribution in [0.1, 0.15) is 32.6 Å². The lowest BCUT2D eigenvalue weighted by Gasteiger charge is -2.13. The summed E-state index contributed by atoms with van der Waals surface area (Å²) in [6, 6.07) is 12.4. The summed E-state index contributed by atoms with van der Waals surface area (Å²) >= 11 is 0. The molecule has 0 saturated heterocycles. The standard InChI is InChI=1S/C17H15NO3/c1-11-7-15(17(19)20)8-12(2)16(11)21-10-14-5-3-13(9-18)4-6-14/h3-8H,10H2,1-2H3,(H,19,20). The average Bonchev–Trinajstić information content (AvgIpc) is 2.46. The Morgan fingerprint density at radius 2 is 1.76 bits per heavy atom. The van der Waals surface area contributed by atoms with Crippen LogP contribution in [0.3, 0.4) is 0 Å². The molecule has 0 aliphatic rings. The average molecular weight is 281 g/mol. The molecule has 0 aliphatic heterocycles. The highest BCUT2D eigenvalue weighted by molar-refractivity contribution is 5.88. The Hall–Kier alpha value is -2.80. The first-order valence-electron chi connectivity index (χ1n) is 6.47. The normalized spacial score (nSPS) is 9.95. The molecule has 2 aromatic carbocycles. The minimum Gasteiger partial charge on any atom is -0.488 e. The molecule has 0 amide bonds.